The summed E-state index contributed by atoms with van der Waals surface area (Å²) in [5, 5.41) is 11.2. The Bertz CT molecular complexity index is 808. The van der Waals surface area contributed by atoms with Gasteiger partial charge in [0.05, 0.1) is 0 Å². The van der Waals surface area contributed by atoms with Gasteiger partial charge in [-0.05, 0) is 30.2 Å². The van der Waals surface area contributed by atoms with E-state index in [2.05, 4.69) is 15.5 Å². The number of aryl methyl sites for hydroxylation is 1. The molecule has 3 aromatic rings. The number of rotatable bonds is 6. The van der Waals surface area contributed by atoms with Crippen molar-refractivity contribution >= 4 is 17.6 Å². The summed E-state index contributed by atoms with van der Waals surface area (Å²) < 4.78 is 1.97. The van der Waals surface area contributed by atoms with Crippen molar-refractivity contribution in [1.82, 2.24) is 19.9 Å². The van der Waals surface area contributed by atoms with Gasteiger partial charge >= 0.3 is 0 Å². The van der Waals surface area contributed by atoms with Crippen LogP contribution in [0.3, 0.4) is 0 Å². The van der Waals surface area contributed by atoms with Crippen molar-refractivity contribution in [2.75, 3.05) is 6.54 Å². The van der Waals surface area contributed by atoms with Crippen molar-refractivity contribution in [2.45, 2.75) is 12.8 Å². The normalized spacial score (nSPS) is 11.1. The number of benzene rings is 1. The fourth-order valence-electron chi connectivity index (χ4n) is 2.31. The second-order valence-corrected chi connectivity index (χ2v) is 5.18. The van der Waals surface area contributed by atoms with Crippen molar-refractivity contribution in [3.63, 3.8) is 0 Å². The number of amides is 1. The molecule has 1 amide bonds. The SMILES string of the molecule is O=C(/C=C/c1ccccc1)NCCCc1nnc2ccccn12. The highest BCUT2D eigenvalue weighted by molar-refractivity contribution is 5.91. The number of hydrogen-bond acceptors (Lipinski definition) is 3. The van der Waals surface area contributed by atoms with E-state index >= 15 is 0 Å². The first-order chi connectivity index (χ1) is 11.3. The summed E-state index contributed by atoms with van der Waals surface area (Å²) in [5.41, 5.74) is 1.86. The summed E-state index contributed by atoms with van der Waals surface area (Å²) >= 11 is 0. The molecule has 0 saturated heterocycles. The molecule has 23 heavy (non-hydrogen) atoms. The molecule has 1 aromatic carbocycles. The third-order valence-electron chi connectivity index (χ3n) is 3.49. The third-order valence-corrected chi connectivity index (χ3v) is 3.49. The minimum atomic E-state index is -0.0834. The maximum atomic E-state index is 11.8. The zero-order valence-corrected chi connectivity index (χ0v) is 12.7. The Hall–Kier alpha value is -2.95. The van der Waals surface area contributed by atoms with Gasteiger partial charge in [-0.3, -0.25) is 9.20 Å². The van der Waals surface area contributed by atoms with Crippen LogP contribution in [0.25, 0.3) is 11.7 Å². The molecule has 0 aliphatic carbocycles. The number of hydrogen-bond donors (Lipinski definition) is 1. The smallest absolute Gasteiger partial charge is 0.243 e. The molecule has 2 heterocycles. The Morgan fingerprint density at radius 1 is 1.09 bits per heavy atom. The van der Waals surface area contributed by atoms with Crippen LogP contribution in [0.15, 0.2) is 60.8 Å². The number of nitrogens with zero attached hydrogens (tertiary/aromatic N) is 3. The first-order valence-electron chi connectivity index (χ1n) is 7.62. The first-order valence-corrected chi connectivity index (χ1v) is 7.62. The molecule has 0 saturated carbocycles. The van der Waals surface area contributed by atoms with E-state index in [0.29, 0.717) is 6.54 Å². The minimum Gasteiger partial charge on any atom is -0.353 e. The highest BCUT2D eigenvalue weighted by atomic mass is 16.1. The van der Waals surface area contributed by atoms with E-state index in [9.17, 15) is 4.79 Å². The topological polar surface area (TPSA) is 59.3 Å². The molecule has 116 valence electrons. The van der Waals surface area contributed by atoms with E-state index in [1.54, 1.807) is 12.2 Å². The first kappa shape index (κ1) is 15.0. The average molecular weight is 306 g/mol. The van der Waals surface area contributed by atoms with E-state index in [4.69, 9.17) is 0 Å². The van der Waals surface area contributed by atoms with Crippen molar-refractivity contribution in [3.05, 3.63) is 72.2 Å². The Kier molecular flexibility index (Phi) is 4.79. The molecule has 0 atom stereocenters. The standard InChI is InChI=1S/C18H18N4O/c23-18(12-11-15-7-2-1-3-8-15)19-13-6-10-17-21-20-16-9-4-5-14-22(16)17/h1-5,7-9,11-12,14H,6,10,13H2,(H,19,23)/b12-11+. The molecule has 0 unspecified atom stereocenters. The van der Waals surface area contributed by atoms with Gasteiger partial charge in [0.25, 0.3) is 0 Å². The fourth-order valence-corrected chi connectivity index (χ4v) is 2.31. The molecule has 0 spiro atoms. The van der Waals surface area contributed by atoms with Gasteiger partial charge < -0.3 is 5.32 Å². The monoisotopic (exact) mass is 306 g/mol. The van der Waals surface area contributed by atoms with Crippen molar-refractivity contribution in [2.24, 2.45) is 0 Å². The van der Waals surface area contributed by atoms with Crippen LogP contribution in [0.5, 0.6) is 0 Å². The predicted molar refractivity (Wildman–Crippen MR) is 89.8 cm³/mol. The molecule has 0 bridgehead atoms. The lowest BCUT2D eigenvalue weighted by Gasteiger charge is -2.02. The summed E-state index contributed by atoms with van der Waals surface area (Å²) in [5.74, 6) is 0.828. The number of carbonyl (C=O) groups excluding carboxylic acids is 1. The highest BCUT2D eigenvalue weighted by Gasteiger charge is 2.04. The summed E-state index contributed by atoms with van der Waals surface area (Å²) in [4.78, 5) is 11.8. The molecule has 5 nitrogen and oxygen atoms in total. The zero-order valence-electron chi connectivity index (χ0n) is 12.7. The van der Waals surface area contributed by atoms with Crippen LogP contribution < -0.4 is 5.32 Å². The van der Waals surface area contributed by atoms with E-state index in [1.165, 1.54) is 0 Å². The van der Waals surface area contributed by atoms with Gasteiger partial charge in [0.1, 0.15) is 5.82 Å². The highest BCUT2D eigenvalue weighted by Crippen LogP contribution is 2.04. The largest absolute Gasteiger partial charge is 0.353 e. The van der Waals surface area contributed by atoms with Gasteiger partial charge in [-0.25, -0.2) is 0 Å². The van der Waals surface area contributed by atoms with Gasteiger partial charge in [0.2, 0.25) is 5.91 Å². The van der Waals surface area contributed by atoms with Gasteiger partial charge in [-0.2, -0.15) is 0 Å². The predicted octanol–water partition coefficient (Wildman–Crippen LogP) is 2.49. The van der Waals surface area contributed by atoms with Crippen molar-refractivity contribution < 1.29 is 4.79 Å². The molecule has 0 fully saturated rings. The zero-order chi connectivity index (χ0) is 15.9. The molecule has 1 N–H and O–H groups in total. The summed E-state index contributed by atoms with van der Waals surface area (Å²) in [6, 6.07) is 15.6. The van der Waals surface area contributed by atoms with Gasteiger partial charge in [-0.15, -0.1) is 10.2 Å². The summed E-state index contributed by atoms with van der Waals surface area (Å²) in [6.45, 7) is 0.611. The second-order valence-electron chi connectivity index (χ2n) is 5.18. The molecule has 0 aliphatic rings. The Morgan fingerprint density at radius 2 is 1.91 bits per heavy atom. The minimum absolute atomic E-state index is 0.0834. The van der Waals surface area contributed by atoms with Crippen LogP contribution in [-0.4, -0.2) is 27.0 Å². The number of nitrogens with one attached hydrogen (secondary N) is 1. The van der Waals surface area contributed by atoms with E-state index < -0.39 is 0 Å². The lowest BCUT2D eigenvalue weighted by atomic mass is 10.2. The van der Waals surface area contributed by atoms with Gasteiger partial charge in [-0.1, -0.05) is 36.4 Å². The number of carbonyl (C=O) groups is 1. The van der Waals surface area contributed by atoms with E-state index in [0.717, 1.165) is 29.9 Å². The molecular weight excluding hydrogens is 288 g/mol. The van der Waals surface area contributed by atoms with Crippen LogP contribution in [-0.2, 0) is 11.2 Å². The van der Waals surface area contributed by atoms with Gasteiger partial charge in [0, 0.05) is 25.2 Å². The lowest BCUT2D eigenvalue weighted by molar-refractivity contribution is -0.116. The van der Waals surface area contributed by atoms with Crippen LogP contribution >= 0.6 is 0 Å². The summed E-state index contributed by atoms with van der Waals surface area (Å²) in [6.07, 6.45) is 6.91. The van der Waals surface area contributed by atoms with Gasteiger partial charge in [0.15, 0.2) is 5.65 Å². The van der Waals surface area contributed by atoms with Crippen molar-refractivity contribution in [3.8, 4) is 0 Å². The average Bonchev–Trinajstić information content (AvgIpc) is 3.01. The molecular formula is C18H18N4O. The molecule has 0 radical (unpaired) electrons. The van der Waals surface area contributed by atoms with Crippen LogP contribution in [0, 0.1) is 0 Å². The molecule has 2 aromatic heterocycles. The van der Waals surface area contributed by atoms with Crippen LogP contribution in [0.1, 0.15) is 17.8 Å². The maximum Gasteiger partial charge on any atom is 0.243 e. The second kappa shape index (κ2) is 7.35. The maximum absolute atomic E-state index is 11.8. The molecule has 3 rings (SSSR count). The molecule has 0 aliphatic heterocycles. The Morgan fingerprint density at radius 3 is 2.78 bits per heavy atom. The van der Waals surface area contributed by atoms with E-state index in [1.807, 2.05) is 59.1 Å². The number of pyridine rings is 1. The van der Waals surface area contributed by atoms with E-state index in [-0.39, 0.29) is 5.91 Å². The number of fused-ring (bicyclic) bond motifs is 1. The van der Waals surface area contributed by atoms with Crippen LogP contribution in [0.2, 0.25) is 0 Å². The quantitative estimate of drug-likeness (QED) is 0.562. The number of aromatic nitrogens is 3. The fraction of sp³-hybridized carbons (Fsp3) is 0.167. The molecule has 5 heteroatoms. The lowest BCUT2D eigenvalue weighted by Crippen LogP contribution is -2.22. The third kappa shape index (κ3) is 4.03. The summed E-state index contributed by atoms with van der Waals surface area (Å²) in [7, 11) is 0. The van der Waals surface area contributed by atoms with Crippen molar-refractivity contribution in [1.29, 1.82) is 0 Å². The Labute approximate surface area is 134 Å². The Balaban J connectivity index is 1.44. The van der Waals surface area contributed by atoms with Crippen LogP contribution in [0.4, 0.5) is 0 Å².